The Morgan fingerprint density at radius 1 is 1.23 bits per heavy atom. The molecule has 2 aromatic rings. The third-order valence-electron chi connectivity index (χ3n) is 4.65. The van der Waals surface area contributed by atoms with Crippen molar-refractivity contribution in [2.24, 2.45) is 5.92 Å². The number of piperidine rings is 1. The van der Waals surface area contributed by atoms with Gasteiger partial charge in [-0.2, -0.15) is 0 Å². The van der Waals surface area contributed by atoms with Crippen molar-refractivity contribution in [1.82, 2.24) is 10.2 Å². The molecule has 3 unspecified atom stereocenters. The largest absolute Gasteiger partial charge is 0.507 e. The number of benzene rings is 1. The standard InChI is InChI=1S/C17H18N2O2S/c20-14-4-2-1-3-12(14)15-5-6-16(22-15)17(21)18-13-10-19-8-7-11(13)9-19/h1-6,11,13,20H,7-10H2,(H,18,21). The third-order valence-corrected chi connectivity index (χ3v) is 5.77. The maximum atomic E-state index is 12.4. The Morgan fingerprint density at radius 3 is 2.82 bits per heavy atom. The quantitative estimate of drug-likeness (QED) is 0.915. The molecule has 114 valence electrons. The Labute approximate surface area is 133 Å². The first-order valence-electron chi connectivity index (χ1n) is 7.62. The van der Waals surface area contributed by atoms with Crippen molar-refractivity contribution in [3.63, 3.8) is 0 Å². The molecule has 0 radical (unpaired) electrons. The first-order chi connectivity index (χ1) is 10.7. The number of nitrogens with zero attached hydrogens (tertiary/aromatic N) is 1. The highest BCUT2D eigenvalue weighted by Gasteiger charge is 2.38. The van der Waals surface area contributed by atoms with E-state index in [1.807, 2.05) is 24.3 Å². The summed E-state index contributed by atoms with van der Waals surface area (Å²) in [5, 5.41) is 13.1. The van der Waals surface area contributed by atoms with E-state index in [9.17, 15) is 9.90 Å². The van der Waals surface area contributed by atoms with Crippen LogP contribution in [0.25, 0.3) is 10.4 Å². The van der Waals surface area contributed by atoms with Crippen LogP contribution in [0, 0.1) is 5.92 Å². The van der Waals surface area contributed by atoms with Crippen LogP contribution in [0.4, 0.5) is 0 Å². The number of amides is 1. The molecule has 5 heteroatoms. The molecule has 2 aliphatic heterocycles. The van der Waals surface area contributed by atoms with Gasteiger partial charge in [-0.25, -0.2) is 0 Å². The summed E-state index contributed by atoms with van der Waals surface area (Å²) < 4.78 is 0. The zero-order valence-corrected chi connectivity index (χ0v) is 13.0. The molecule has 2 N–H and O–H groups in total. The number of nitrogens with one attached hydrogen (secondary N) is 1. The predicted octanol–water partition coefficient (Wildman–Crippen LogP) is 2.55. The van der Waals surface area contributed by atoms with Crippen molar-refractivity contribution in [2.75, 3.05) is 19.6 Å². The lowest BCUT2D eigenvalue weighted by atomic mass is 10.00. The smallest absolute Gasteiger partial charge is 0.261 e. The SMILES string of the molecule is O=C(NC1CN2CCC1C2)c1ccc(-c2ccccc2O)s1. The van der Waals surface area contributed by atoms with Crippen LogP contribution in [-0.4, -0.2) is 41.6 Å². The Hall–Kier alpha value is -1.85. The highest BCUT2D eigenvalue weighted by atomic mass is 32.1. The Bertz CT molecular complexity index is 712. The van der Waals surface area contributed by atoms with E-state index in [2.05, 4.69) is 10.2 Å². The first-order valence-corrected chi connectivity index (χ1v) is 8.44. The summed E-state index contributed by atoms with van der Waals surface area (Å²) in [7, 11) is 0. The van der Waals surface area contributed by atoms with Crippen molar-refractivity contribution in [3.05, 3.63) is 41.3 Å². The highest BCUT2D eigenvalue weighted by molar-refractivity contribution is 7.17. The number of para-hydroxylation sites is 1. The summed E-state index contributed by atoms with van der Waals surface area (Å²) in [6.07, 6.45) is 1.19. The van der Waals surface area contributed by atoms with E-state index >= 15 is 0 Å². The minimum absolute atomic E-state index is 0.00502. The second-order valence-electron chi connectivity index (χ2n) is 6.07. The van der Waals surface area contributed by atoms with Crippen molar-refractivity contribution >= 4 is 17.2 Å². The molecule has 2 aliphatic rings. The van der Waals surface area contributed by atoms with Gasteiger partial charge in [0.05, 0.1) is 4.88 Å². The lowest BCUT2D eigenvalue weighted by Crippen LogP contribution is -2.42. The van der Waals surface area contributed by atoms with Crippen molar-refractivity contribution < 1.29 is 9.90 Å². The van der Waals surface area contributed by atoms with Gasteiger partial charge in [-0.15, -0.1) is 11.3 Å². The van der Waals surface area contributed by atoms with Crippen LogP contribution in [0.1, 0.15) is 16.1 Å². The fourth-order valence-corrected chi connectivity index (χ4v) is 4.42. The molecular formula is C17H18N2O2S. The fraction of sp³-hybridized carbons (Fsp3) is 0.353. The van der Waals surface area contributed by atoms with Crippen LogP contribution in [0.5, 0.6) is 5.75 Å². The second kappa shape index (κ2) is 5.41. The van der Waals surface area contributed by atoms with Gasteiger partial charge in [0.25, 0.3) is 5.91 Å². The van der Waals surface area contributed by atoms with Gasteiger partial charge in [0.2, 0.25) is 0 Å². The summed E-state index contributed by atoms with van der Waals surface area (Å²) in [6, 6.07) is 11.2. The fourth-order valence-electron chi connectivity index (χ4n) is 3.47. The van der Waals surface area contributed by atoms with E-state index in [4.69, 9.17) is 0 Å². The summed E-state index contributed by atoms with van der Waals surface area (Å²) >= 11 is 1.43. The van der Waals surface area contributed by atoms with E-state index in [-0.39, 0.29) is 17.7 Å². The number of fused-ring (bicyclic) bond motifs is 2. The van der Waals surface area contributed by atoms with Gasteiger partial charge in [0, 0.05) is 29.6 Å². The van der Waals surface area contributed by atoms with Crippen LogP contribution in [0.15, 0.2) is 36.4 Å². The number of carbonyl (C=O) groups is 1. The predicted molar refractivity (Wildman–Crippen MR) is 87.2 cm³/mol. The number of phenolic OH excluding ortho intramolecular Hbond substituents is 1. The molecule has 4 rings (SSSR count). The molecule has 4 nitrogen and oxygen atoms in total. The van der Waals surface area contributed by atoms with Gasteiger partial charge in [-0.3, -0.25) is 4.79 Å². The zero-order chi connectivity index (χ0) is 15.1. The second-order valence-corrected chi connectivity index (χ2v) is 7.15. The summed E-state index contributed by atoms with van der Waals surface area (Å²) in [6.45, 7) is 3.28. The van der Waals surface area contributed by atoms with Gasteiger partial charge in [0.1, 0.15) is 5.75 Å². The maximum Gasteiger partial charge on any atom is 0.261 e. The number of hydrogen-bond donors (Lipinski definition) is 2. The number of aromatic hydroxyl groups is 1. The van der Waals surface area contributed by atoms with Gasteiger partial charge < -0.3 is 15.3 Å². The van der Waals surface area contributed by atoms with Gasteiger partial charge in [-0.05, 0) is 43.1 Å². The summed E-state index contributed by atoms with van der Waals surface area (Å²) in [5.41, 5.74) is 0.776. The molecule has 1 amide bonds. The van der Waals surface area contributed by atoms with Crippen LogP contribution >= 0.6 is 11.3 Å². The van der Waals surface area contributed by atoms with Crippen molar-refractivity contribution in [1.29, 1.82) is 0 Å². The molecule has 2 bridgehead atoms. The van der Waals surface area contributed by atoms with Crippen LogP contribution in [0.3, 0.4) is 0 Å². The maximum absolute atomic E-state index is 12.4. The van der Waals surface area contributed by atoms with E-state index in [1.165, 1.54) is 24.3 Å². The summed E-state index contributed by atoms with van der Waals surface area (Å²) in [4.78, 5) is 16.5. The van der Waals surface area contributed by atoms with E-state index < -0.39 is 0 Å². The van der Waals surface area contributed by atoms with Gasteiger partial charge >= 0.3 is 0 Å². The molecule has 2 fully saturated rings. The molecule has 3 heterocycles. The Kier molecular flexibility index (Phi) is 3.39. The molecule has 3 atom stereocenters. The highest BCUT2D eigenvalue weighted by Crippen LogP contribution is 2.34. The van der Waals surface area contributed by atoms with Gasteiger partial charge in [-0.1, -0.05) is 12.1 Å². The summed E-state index contributed by atoms with van der Waals surface area (Å²) in [5.74, 6) is 0.865. The number of phenols is 1. The van der Waals surface area contributed by atoms with E-state index in [0.717, 1.165) is 23.5 Å². The first kappa shape index (κ1) is 13.8. The third kappa shape index (κ3) is 2.40. The monoisotopic (exact) mass is 314 g/mol. The van der Waals surface area contributed by atoms with Crippen LogP contribution in [-0.2, 0) is 0 Å². The number of thiophene rings is 1. The minimum atomic E-state index is 0.00502. The lowest BCUT2D eigenvalue weighted by molar-refractivity contribution is 0.0928. The van der Waals surface area contributed by atoms with Crippen LogP contribution < -0.4 is 5.32 Å². The topological polar surface area (TPSA) is 52.6 Å². The number of carbonyl (C=O) groups excluding carboxylic acids is 1. The van der Waals surface area contributed by atoms with Crippen LogP contribution in [0.2, 0.25) is 0 Å². The van der Waals surface area contributed by atoms with Crippen molar-refractivity contribution in [3.8, 4) is 16.2 Å². The zero-order valence-electron chi connectivity index (χ0n) is 12.2. The average Bonchev–Trinajstić information content (AvgIpc) is 3.24. The molecule has 1 aromatic carbocycles. The molecule has 0 aliphatic carbocycles. The molecule has 0 saturated carbocycles. The number of rotatable bonds is 3. The normalized spacial score (nSPS) is 26.3. The molecule has 2 saturated heterocycles. The molecule has 22 heavy (non-hydrogen) atoms. The average molecular weight is 314 g/mol. The van der Waals surface area contributed by atoms with Crippen molar-refractivity contribution in [2.45, 2.75) is 12.5 Å². The minimum Gasteiger partial charge on any atom is -0.507 e. The Balaban J connectivity index is 1.49. The molecule has 0 spiro atoms. The van der Waals surface area contributed by atoms with E-state index in [1.54, 1.807) is 12.1 Å². The lowest BCUT2D eigenvalue weighted by Gasteiger charge is -2.22. The van der Waals surface area contributed by atoms with Gasteiger partial charge in [0.15, 0.2) is 0 Å². The molecule has 1 aromatic heterocycles. The van der Waals surface area contributed by atoms with E-state index in [0.29, 0.717) is 10.8 Å². The Morgan fingerprint density at radius 2 is 2.09 bits per heavy atom. The number of hydrogen-bond acceptors (Lipinski definition) is 4. The molecular weight excluding hydrogens is 296 g/mol.